The highest BCUT2D eigenvalue weighted by molar-refractivity contribution is 5.94. The van der Waals surface area contributed by atoms with Gasteiger partial charge >= 0.3 is 18.7 Å². The summed E-state index contributed by atoms with van der Waals surface area (Å²) in [5.74, 6) is 0.768. The van der Waals surface area contributed by atoms with Gasteiger partial charge in [-0.25, -0.2) is 24.1 Å². The lowest BCUT2D eigenvalue weighted by Crippen LogP contribution is -2.25. The summed E-state index contributed by atoms with van der Waals surface area (Å²) in [6, 6.07) is 24.2. The van der Waals surface area contributed by atoms with Gasteiger partial charge in [-0.2, -0.15) is 9.97 Å². The fraction of sp³-hybridized carbons (Fsp3) is 0.306. The Bertz CT molecular complexity index is 3080. The van der Waals surface area contributed by atoms with Crippen molar-refractivity contribution in [3.63, 3.8) is 0 Å². The maximum absolute atomic E-state index is 12.3. The second-order valence-corrected chi connectivity index (χ2v) is 15.9. The van der Waals surface area contributed by atoms with Crippen molar-refractivity contribution in [2.75, 3.05) is 47.6 Å². The summed E-state index contributed by atoms with van der Waals surface area (Å²) >= 11 is 0. The number of methoxy groups -OCH3 is 3. The van der Waals surface area contributed by atoms with E-state index in [-0.39, 0.29) is 52.5 Å². The largest absolute Gasteiger partial charge is 0.573 e. The van der Waals surface area contributed by atoms with Gasteiger partial charge in [0.15, 0.2) is 0 Å². The molecule has 3 N–H and O–H groups in total. The molecule has 0 aliphatic heterocycles. The van der Waals surface area contributed by atoms with Crippen molar-refractivity contribution in [3.05, 3.63) is 131 Å². The van der Waals surface area contributed by atoms with E-state index >= 15 is 0 Å². The lowest BCUT2D eigenvalue weighted by atomic mass is 10.1. The normalized spacial score (nSPS) is 11.3. The maximum atomic E-state index is 12.3. The molecule has 0 saturated heterocycles. The summed E-state index contributed by atoms with van der Waals surface area (Å²) in [7, 11) is 4.61. The fourth-order valence-corrected chi connectivity index (χ4v) is 6.51. The summed E-state index contributed by atoms with van der Waals surface area (Å²) < 4.78 is 110. The van der Waals surface area contributed by atoms with E-state index in [2.05, 4.69) is 60.0 Å². The standard InChI is InChI=1S/C24H23F3N6O4.C21H16F3N5O4.C4H11NO/c1-15-29-21(23-30-20(32-37-23)17-8-10-19(11-9-17)36-24(25,26)27)31-33(15)14-16-4-6-18(7-5-16)22(34)28-12-3-13-35-2;1-12-25-18(27-29(12)11-13-3-5-15(6-4-13)20(30)31-2)19-26-17(28-33-19)14-7-9-16(10-8-14)32-21(22,23)24;1-6-4-2-3-5/h4-11H,3,12-14H2,1-2H3,(H,28,34);3-10H,11H2,1-2H3;2-5H2,1H3. The highest BCUT2D eigenvalue weighted by Crippen LogP contribution is 2.28. The fourth-order valence-electron chi connectivity index (χ4n) is 6.51. The Kier molecular flexibility index (Phi) is 19.8. The Morgan fingerprint density at radius 2 is 1.00 bits per heavy atom. The van der Waals surface area contributed by atoms with Crippen molar-refractivity contribution >= 4 is 11.9 Å². The Hall–Kier alpha value is -8.56. The predicted molar refractivity (Wildman–Crippen MR) is 257 cm³/mol. The Morgan fingerprint density at radius 1 is 0.579 bits per heavy atom. The number of rotatable bonds is 19. The van der Waals surface area contributed by atoms with E-state index in [0.717, 1.165) is 61.4 Å². The first-order valence-electron chi connectivity index (χ1n) is 22.8. The smallest absolute Gasteiger partial charge is 0.465 e. The summed E-state index contributed by atoms with van der Waals surface area (Å²) in [6.45, 7) is 6.95. The van der Waals surface area contributed by atoms with Crippen molar-refractivity contribution < 1.29 is 68.7 Å². The molecule has 27 heteroatoms. The SMILES string of the molecule is COC(=O)c1ccc(Cn2nc(-c3nc(-c4ccc(OC(F)(F)F)cc4)no3)nc2C)cc1.COCCCN.COCCCNC(=O)c1ccc(Cn2nc(-c3nc(-c4ccc(OC(F)(F)F)cc4)no3)nc2C)cc1. The van der Waals surface area contributed by atoms with E-state index in [4.69, 9.17) is 24.3 Å². The molecule has 1 amide bonds. The molecular weight excluding hydrogens is 1010 g/mol. The van der Waals surface area contributed by atoms with Gasteiger partial charge in [-0.05, 0) is 117 Å². The van der Waals surface area contributed by atoms with Gasteiger partial charge in [0.1, 0.15) is 23.1 Å². The van der Waals surface area contributed by atoms with Crippen LogP contribution in [0.3, 0.4) is 0 Å². The van der Waals surface area contributed by atoms with Crippen molar-refractivity contribution in [2.24, 2.45) is 5.73 Å². The monoisotopic (exact) mass is 1060 g/mol. The first-order valence-corrected chi connectivity index (χ1v) is 22.8. The third-order valence-corrected chi connectivity index (χ3v) is 10.3. The van der Waals surface area contributed by atoms with Gasteiger partial charge in [0.25, 0.3) is 17.7 Å². The number of nitrogens with zero attached hydrogens (tertiary/aromatic N) is 10. The van der Waals surface area contributed by atoms with Gasteiger partial charge in [0, 0.05) is 50.7 Å². The van der Waals surface area contributed by atoms with Gasteiger partial charge in [-0.15, -0.1) is 36.5 Å². The molecule has 0 aliphatic carbocycles. The average Bonchev–Trinajstić information content (AvgIpc) is 4.23. The van der Waals surface area contributed by atoms with E-state index in [1.165, 1.54) is 31.4 Å². The molecule has 4 heterocycles. The molecule has 8 aromatic rings. The van der Waals surface area contributed by atoms with Crippen LogP contribution in [0, 0.1) is 13.8 Å². The minimum absolute atomic E-state index is 0.0588. The molecule has 0 fully saturated rings. The summed E-state index contributed by atoms with van der Waals surface area (Å²) in [5, 5.41) is 19.4. The van der Waals surface area contributed by atoms with Crippen LogP contribution in [0.5, 0.6) is 11.5 Å². The van der Waals surface area contributed by atoms with E-state index in [1.54, 1.807) is 73.8 Å². The van der Waals surface area contributed by atoms with Crippen LogP contribution in [0.4, 0.5) is 26.3 Å². The number of benzene rings is 4. The molecule has 0 atom stereocenters. The summed E-state index contributed by atoms with van der Waals surface area (Å²) in [6.07, 6.45) is -7.84. The number of hydrogen-bond acceptors (Lipinski definition) is 18. The number of aromatic nitrogens is 10. The Labute approximate surface area is 429 Å². The molecule has 4 aromatic carbocycles. The van der Waals surface area contributed by atoms with Gasteiger partial charge in [0.2, 0.25) is 23.3 Å². The zero-order valence-corrected chi connectivity index (χ0v) is 41.4. The number of nitrogens with two attached hydrogens (primary N) is 1. The van der Waals surface area contributed by atoms with Crippen LogP contribution in [-0.2, 0) is 27.3 Å². The molecule has 0 radical (unpaired) electrons. The summed E-state index contributed by atoms with van der Waals surface area (Å²) in [5.41, 5.74) is 8.78. The Morgan fingerprint density at radius 3 is 1.38 bits per heavy atom. The maximum Gasteiger partial charge on any atom is 0.573 e. The van der Waals surface area contributed by atoms with Crippen LogP contribution in [0.25, 0.3) is 46.2 Å². The number of amides is 1. The minimum atomic E-state index is -4.77. The lowest BCUT2D eigenvalue weighted by molar-refractivity contribution is -0.275. The van der Waals surface area contributed by atoms with Crippen LogP contribution < -0.4 is 20.5 Å². The molecule has 8 rings (SSSR count). The van der Waals surface area contributed by atoms with Crippen LogP contribution in [0.15, 0.2) is 106 Å². The zero-order valence-electron chi connectivity index (χ0n) is 41.4. The van der Waals surface area contributed by atoms with Gasteiger partial charge < -0.3 is 43.8 Å². The number of alkyl halides is 6. The first-order chi connectivity index (χ1) is 36.3. The van der Waals surface area contributed by atoms with E-state index in [1.807, 2.05) is 12.1 Å². The number of hydrogen-bond donors (Lipinski definition) is 2. The highest BCUT2D eigenvalue weighted by atomic mass is 19.4. The molecule has 0 unspecified atom stereocenters. The first kappa shape index (κ1) is 56.7. The number of carbonyl (C=O) groups is 2. The third kappa shape index (κ3) is 17.0. The van der Waals surface area contributed by atoms with Crippen LogP contribution in [0.1, 0.15) is 56.3 Å². The van der Waals surface area contributed by atoms with Crippen molar-refractivity contribution in [1.82, 2.24) is 55.1 Å². The van der Waals surface area contributed by atoms with Gasteiger partial charge in [-0.1, -0.05) is 34.6 Å². The third-order valence-electron chi connectivity index (χ3n) is 10.3. The number of aryl methyl sites for hydroxylation is 2. The average molecular weight is 1070 g/mol. The van der Waals surface area contributed by atoms with Crippen molar-refractivity contribution in [1.29, 1.82) is 0 Å². The topological polar surface area (TPSA) is 258 Å². The van der Waals surface area contributed by atoms with Gasteiger partial charge in [0.05, 0.1) is 25.8 Å². The molecule has 4 aromatic heterocycles. The Balaban J connectivity index is 0.000000224. The van der Waals surface area contributed by atoms with Crippen LogP contribution in [-0.4, -0.2) is 122 Å². The molecule has 0 aliphatic rings. The predicted octanol–water partition coefficient (Wildman–Crippen LogP) is 8.04. The second kappa shape index (κ2) is 26.6. The number of halogens is 6. The second-order valence-electron chi connectivity index (χ2n) is 15.9. The number of ether oxygens (including phenoxy) is 5. The summed E-state index contributed by atoms with van der Waals surface area (Å²) in [4.78, 5) is 40.9. The van der Waals surface area contributed by atoms with Gasteiger partial charge in [-0.3, -0.25) is 4.79 Å². The van der Waals surface area contributed by atoms with Crippen LogP contribution in [0.2, 0.25) is 0 Å². The lowest BCUT2D eigenvalue weighted by Gasteiger charge is -2.08. The molecule has 0 saturated carbocycles. The molecule has 0 spiro atoms. The minimum Gasteiger partial charge on any atom is -0.465 e. The van der Waals surface area contributed by atoms with Crippen molar-refractivity contribution in [2.45, 2.75) is 52.5 Å². The highest BCUT2D eigenvalue weighted by Gasteiger charge is 2.32. The van der Waals surface area contributed by atoms with E-state index in [0.29, 0.717) is 60.1 Å². The molecular formula is C49H50F6N12O9. The number of carbonyl (C=O) groups excluding carboxylic acids is 2. The van der Waals surface area contributed by atoms with E-state index < -0.39 is 18.7 Å². The molecule has 402 valence electrons. The van der Waals surface area contributed by atoms with Crippen molar-refractivity contribution in [3.8, 4) is 57.7 Å². The molecule has 76 heavy (non-hydrogen) atoms. The quantitative estimate of drug-likeness (QED) is 0.0441. The number of nitrogens with one attached hydrogen (secondary N) is 1. The molecule has 0 bridgehead atoms. The van der Waals surface area contributed by atoms with Crippen LogP contribution >= 0.6 is 0 Å². The van der Waals surface area contributed by atoms with E-state index in [9.17, 15) is 35.9 Å². The number of esters is 1. The molecule has 21 nitrogen and oxygen atoms in total. The zero-order chi connectivity index (χ0) is 54.8.